The van der Waals surface area contributed by atoms with Crippen molar-refractivity contribution in [1.29, 1.82) is 0 Å². The number of aromatic amines is 1. The first-order chi connectivity index (χ1) is 11.0. The van der Waals surface area contributed by atoms with Crippen LogP contribution in [0.4, 0.5) is 13.2 Å². The number of H-pyrrole nitrogens is 1. The van der Waals surface area contributed by atoms with Crippen LogP contribution >= 0.6 is 12.2 Å². The van der Waals surface area contributed by atoms with Gasteiger partial charge in [0.25, 0.3) is 5.91 Å². The summed E-state index contributed by atoms with van der Waals surface area (Å²) in [5.41, 5.74) is -0.928. The average Bonchev–Trinajstić information content (AvgIpc) is 3.29. The first-order valence-corrected chi connectivity index (χ1v) is 7.46. The molecule has 0 spiro atoms. The Hall–Kier alpha value is -2.16. The van der Waals surface area contributed by atoms with E-state index in [1.54, 1.807) is 4.57 Å². The zero-order valence-corrected chi connectivity index (χ0v) is 12.7. The normalized spacial score (nSPS) is 14.0. The first-order valence-electron chi connectivity index (χ1n) is 7.06. The Kier molecular flexibility index (Phi) is 4.20. The van der Waals surface area contributed by atoms with E-state index in [2.05, 4.69) is 15.5 Å². The second kappa shape index (κ2) is 6.15. The fourth-order valence-electron chi connectivity index (χ4n) is 2.30. The summed E-state index contributed by atoms with van der Waals surface area (Å²) in [5.74, 6) is -3.72. The largest absolute Gasteiger partial charge is 0.350 e. The van der Waals surface area contributed by atoms with Gasteiger partial charge < -0.3 is 9.88 Å². The van der Waals surface area contributed by atoms with Crippen LogP contribution in [0.3, 0.4) is 0 Å². The van der Waals surface area contributed by atoms with Crippen molar-refractivity contribution < 1.29 is 18.0 Å². The predicted octanol–water partition coefficient (Wildman–Crippen LogP) is 2.67. The molecule has 1 aromatic heterocycles. The topological polar surface area (TPSA) is 62.7 Å². The maximum absolute atomic E-state index is 13.5. The zero-order chi connectivity index (χ0) is 16.6. The number of hydrogen-bond donors (Lipinski definition) is 2. The van der Waals surface area contributed by atoms with Crippen LogP contribution in [0.5, 0.6) is 0 Å². The number of rotatable bonds is 5. The van der Waals surface area contributed by atoms with Crippen molar-refractivity contribution in [2.75, 3.05) is 6.54 Å². The van der Waals surface area contributed by atoms with Crippen molar-refractivity contribution in [3.05, 3.63) is 45.7 Å². The second-order valence-electron chi connectivity index (χ2n) is 5.29. The average molecular weight is 342 g/mol. The highest BCUT2D eigenvalue weighted by Gasteiger charge is 2.29. The lowest BCUT2D eigenvalue weighted by atomic mass is 10.1. The van der Waals surface area contributed by atoms with Gasteiger partial charge in [0.2, 0.25) is 0 Å². The van der Waals surface area contributed by atoms with Gasteiger partial charge in [-0.2, -0.15) is 5.10 Å². The summed E-state index contributed by atoms with van der Waals surface area (Å²) in [4.78, 5) is 11.9. The van der Waals surface area contributed by atoms with Gasteiger partial charge in [0.15, 0.2) is 16.4 Å². The maximum atomic E-state index is 13.5. The molecule has 1 aromatic carbocycles. The van der Waals surface area contributed by atoms with E-state index in [0.717, 1.165) is 18.7 Å². The molecule has 9 heteroatoms. The second-order valence-corrected chi connectivity index (χ2v) is 5.67. The molecule has 1 aliphatic rings. The summed E-state index contributed by atoms with van der Waals surface area (Å²) < 4.78 is 42.3. The number of carbonyl (C=O) groups is 1. The Bertz CT molecular complexity index is 813. The van der Waals surface area contributed by atoms with Crippen LogP contribution in [-0.4, -0.2) is 27.2 Å². The third-order valence-corrected chi connectivity index (χ3v) is 3.93. The molecule has 0 unspecified atom stereocenters. The molecule has 2 N–H and O–H groups in total. The molecular formula is C14H13F3N4OS. The Morgan fingerprint density at radius 2 is 2.04 bits per heavy atom. The van der Waals surface area contributed by atoms with Crippen molar-refractivity contribution in [2.24, 2.45) is 0 Å². The van der Waals surface area contributed by atoms with Crippen LogP contribution < -0.4 is 5.32 Å². The Morgan fingerprint density at radius 3 is 2.74 bits per heavy atom. The minimum Gasteiger partial charge on any atom is -0.350 e. The van der Waals surface area contributed by atoms with E-state index in [-0.39, 0.29) is 6.54 Å². The number of benzene rings is 1. The maximum Gasteiger partial charge on any atom is 0.257 e. The van der Waals surface area contributed by atoms with Crippen molar-refractivity contribution in [2.45, 2.75) is 25.3 Å². The lowest BCUT2D eigenvalue weighted by molar-refractivity contribution is 0.0942. The van der Waals surface area contributed by atoms with Gasteiger partial charge in [0.1, 0.15) is 17.2 Å². The van der Waals surface area contributed by atoms with E-state index in [1.165, 1.54) is 0 Å². The minimum absolute atomic E-state index is 0.0851. The monoisotopic (exact) mass is 342 g/mol. The molecule has 0 saturated heterocycles. The fraction of sp³-hybridized carbons (Fsp3) is 0.357. The number of halogens is 3. The highest BCUT2D eigenvalue weighted by Crippen LogP contribution is 2.38. The van der Waals surface area contributed by atoms with Gasteiger partial charge in [-0.1, -0.05) is 0 Å². The van der Waals surface area contributed by atoms with E-state index in [9.17, 15) is 18.0 Å². The summed E-state index contributed by atoms with van der Waals surface area (Å²) in [6.07, 6.45) is 2.07. The van der Waals surface area contributed by atoms with Crippen LogP contribution in [-0.2, 0) is 6.54 Å². The summed E-state index contributed by atoms with van der Waals surface area (Å²) >= 11 is 5.11. The van der Waals surface area contributed by atoms with Crippen molar-refractivity contribution in [1.82, 2.24) is 20.1 Å². The number of aromatic nitrogens is 3. The molecule has 122 valence electrons. The fourth-order valence-corrected chi connectivity index (χ4v) is 2.53. The van der Waals surface area contributed by atoms with Gasteiger partial charge in [0.05, 0.1) is 0 Å². The van der Waals surface area contributed by atoms with Crippen LogP contribution in [0.2, 0.25) is 0 Å². The predicted molar refractivity (Wildman–Crippen MR) is 78.0 cm³/mol. The molecule has 0 bridgehead atoms. The van der Waals surface area contributed by atoms with Gasteiger partial charge in [-0.15, -0.1) is 0 Å². The van der Waals surface area contributed by atoms with Gasteiger partial charge in [0, 0.05) is 19.0 Å². The number of amides is 1. The number of hydrogen-bond acceptors (Lipinski definition) is 3. The SMILES string of the molecule is O=C(NCCn1c(C2CC2)n[nH]c1=S)c1c(F)ccc(F)c1F. The smallest absolute Gasteiger partial charge is 0.257 e. The molecule has 1 fully saturated rings. The summed E-state index contributed by atoms with van der Waals surface area (Å²) in [6, 6.07) is 1.35. The molecule has 1 aliphatic carbocycles. The molecule has 3 rings (SSSR count). The van der Waals surface area contributed by atoms with E-state index in [0.29, 0.717) is 29.4 Å². The molecule has 1 amide bonds. The van der Waals surface area contributed by atoms with Crippen LogP contribution in [0, 0.1) is 22.2 Å². The molecule has 23 heavy (non-hydrogen) atoms. The zero-order valence-electron chi connectivity index (χ0n) is 11.9. The standard InChI is InChI=1S/C14H13F3N4OS/c15-8-3-4-9(16)11(17)10(8)13(22)18-5-6-21-12(7-1-2-7)19-20-14(21)23/h3-4,7H,1-2,5-6H2,(H,18,22)(H,20,23). The Balaban J connectivity index is 1.68. The van der Waals surface area contributed by atoms with Crippen molar-refractivity contribution in [3.8, 4) is 0 Å². The van der Waals surface area contributed by atoms with Crippen LogP contribution in [0.25, 0.3) is 0 Å². The number of nitrogens with zero attached hydrogens (tertiary/aromatic N) is 2. The highest BCUT2D eigenvalue weighted by atomic mass is 32.1. The Labute approximate surface area is 134 Å². The Morgan fingerprint density at radius 1 is 1.35 bits per heavy atom. The van der Waals surface area contributed by atoms with Gasteiger partial charge >= 0.3 is 0 Å². The molecule has 1 heterocycles. The summed E-state index contributed by atoms with van der Waals surface area (Å²) in [6.45, 7) is 0.396. The highest BCUT2D eigenvalue weighted by molar-refractivity contribution is 7.71. The third-order valence-electron chi connectivity index (χ3n) is 3.62. The molecule has 1 saturated carbocycles. The number of nitrogens with one attached hydrogen (secondary N) is 2. The van der Waals surface area contributed by atoms with E-state index in [4.69, 9.17) is 12.2 Å². The lowest BCUT2D eigenvalue weighted by Crippen LogP contribution is -2.29. The molecule has 0 radical (unpaired) electrons. The van der Waals surface area contributed by atoms with E-state index < -0.39 is 28.9 Å². The van der Waals surface area contributed by atoms with E-state index >= 15 is 0 Å². The van der Waals surface area contributed by atoms with Gasteiger partial charge in [-0.25, -0.2) is 13.2 Å². The third kappa shape index (κ3) is 3.14. The molecule has 0 aliphatic heterocycles. The summed E-state index contributed by atoms with van der Waals surface area (Å²) in [5, 5.41) is 9.19. The molecule has 0 atom stereocenters. The first kappa shape index (κ1) is 15.7. The van der Waals surface area contributed by atoms with Crippen molar-refractivity contribution in [3.63, 3.8) is 0 Å². The number of carbonyl (C=O) groups excluding carboxylic acids is 1. The van der Waals surface area contributed by atoms with Crippen molar-refractivity contribution >= 4 is 18.1 Å². The molecular weight excluding hydrogens is 329 g/mol. The lowest BCUT2D eigenvalue weighted by Gasteiger charge is -2.09. The molecule has 2 aromatic rings. The van der Waals surface area contributed by atoms with Crippen LogP contribution in [0.15, 0.2) is 12.1 Å². The quantitative estimate of drug-likeness (QED) is 0.649. The summed E-state index contributed by atoms with van der Waals surface area (Å²) in [7, 11) is 0. The van der Waals surface area contributed by atoms with Gasteiger partial charge in [-0.3, -0.25) is 9.89 Å². The molecule has 5 nitrogen and oxygen atoms in total. The van der Waals surface area contributed by atoms with Gasteiger partial charge in [-0.05, 0) is 37.2 Å². The van der Waals surface area contributed by atoms with Crippen LogP contribution in [0.1, 0.15) is 34.9 Å². The minimum atomic E-state index is -1.50. The van der Waals surface area contributed by atoms with E-state index in [1.807, 2.05) is 0 Å².